The molecule has 5 nitrogen and oxygen atoms in total. The highest BCUT2D eigenvalue weighted by molar-refractivity contribution is 6.31. The van der Waals surface area contributed by atoms with E-state index >= 15 is 0 Å². The quantitative estimate of drug-likeness (QED) is 0.518. The third kappa shape index (κ3) is 2.95. The molecule has 1 atom stereocenters. The molecule has 5 heteroatoms. The van der Waals surface area contributed by atoms with Gasteiger partial charge in [0.15, 0.2) is 11.5 Å². The highest BCUT2D eigenvalue weighted by Crippen LogP contribution is 2.39. The zero-order valence-electron chi connectivity index (χ0n) is 17.3. The first-order valence-corrected chi connectivity index (χ1v) is 11.1. The molecule has 2 aliphatic carbocycles. The van der Waals surface area contributed by atoms with Gasteiger partial charge < -0.3 is 9.15 Å². The zero-order valence-corrected chi connectivity index (χ0v) is 17.3. The van der Waals surface area contributed by atoms with Crippen LogP contribution in [0.2, 0.25) is 0 Å². The standard InChI is InChI=1S/C26H23NO4/c28-23-17-8-4-5-9-18(17)24(29)26-22(23)19-10-11-21-20(25(19)31-26)14-27(15-30-21)13-12-16-6-2-1-3-7-16/h4-6,8-11H,1-3,7,12-15H2/p+1. The highest BCUT2D eigenvalue weighted by Gasteiger charge is 2.36. The van der Waals surface area contributed by atoms with Gasteiger partial charge in [-0.25, -0.2) is 0 Å². The Morgan fingerprint density at radius 1 is 0.968 bits per heavy atom. The van der Waals surface area contributed by atoms with Crippen molar-refractivity contribution in [2.45, 2.75) is 38.6 Å². The highest BCUT2D eigenvalue weighted by atomic mass is 16.5. The molecular formula is C26H24NO4+. The summed E-state index contributed by atoms with van der Waals surface area (Å²) in [5.74, 6) is 0.581. The number of ketones is 2. The fraction of sp³-hybridized carbons (Fsp3) is 0.308. The number of ether oxygens (including phenoxy) is 1. The second-order valence-electron chi connectivity index (χ2n) is 8.75. The molecule has 0 spiro atoms. The molecule has 0 fully saturated rings. The molecule has 1 unspecified atom stereocenters. The molecular weight excluding hydrogens is 390 g/mol. The van der Waals surface area contributed by atoms with Crippen LogP contribution in [0.4, 0.5) is 0 Å². The topological polar surface area (TPSA) is 61.0 Å². The maximum atomic E-state index is 13.2. The normalized spacial score (nSPS) is 20.0. The molecule has 1 aromatic heterocycles. The molecule has 0 bridgehead atoms. The number of benzene rings is 2. The van der Waals surface area contributed by atoms with Crippen LogP contribution in [0.3, 0.4) is 0 Å². The number of hydrogen-bond acceptors (Lipinski definition) is 4. The van der Waals surface area contributed by atoms with Gasteiger partial charge in [0.05, 0.1) is 17.7 Å². The lowest BCUT2D eigenvalue weighted by atomic mass is 9.87. The van der Waals surface area contributed by atoms with E-state index in [1.807, 2.05) is 12.1 Å². The molecule has 156 valence electrons. The van der Waals surface area contributed by atoms with Crippen molar-refractivity contribution in [3.8, 4) is 5.75 Å². The van der Waals surface area contributed by atoms with Crippen molar-refractivity contribution in [3.63, 3.8) is 0 Å². The molecule has 0 amide bonds. The van der Waals surface area contributed by atoms with Crippen LogP contribution < -0.4 is 9.64 Å². The lowest BCUT2D eigenvalue weighted by Gasteiger charge is -2.26. The average molecular weight is 414 g/mol. The fourth-order valence-electron chi connectivity index (χ4n) is 5.13. The Hall–Kier alpha value is -3.18. The van der Waals surface area contributed by atoms with E-state index in [0.717, 1.165) is 30.8 Å². The van der Waals surface area contributed by atoms with Crippen LogP contribution in [-0.4, -0.2) is 24.8 Å². The van der Waals surface area contributed by atoms with E-state index in [1.54, 1.807) is 29.8 Å². The number of furan rings is 1. The van der Waals surface area contributed by atoms with Crippen LogP contribution in [0.5, 0.6) is 5.75 Å². The molecule has 2 heterocycles. The molecule has 31 heavy (non-hydrogen) atoms. The summed E-state index contributed by atoms with van der Waals surface area (Å²) in [5.41, 5.74) is 4.38. The second kappa shape index (κ2) is 7.20. The maximum Gasteiger partial charge on any atom is 0.229 e. The predicted octanol–water partition coefficient (Wildman–Crippen LogP) is 3.83. The van der Waals surface area contributed by atoms with E-state index in [1.165, 1.54) is 30.6 Å². The molecule has 0 saturated carbocycles. The first kappa shape index (κ1) is 18.6. The molecule has 3 aliphatic rings. The summed E-state index contributed by atoms with van der Waals surface area (Å²) in [6, 6.07) is 10.7. The Kier molecular flexibility index (Phi) is 4.32. The SMILES string of the molecule is O=C1c2ccccc2C(=O)c2c1oc1c3c(ccc21)OC[NH+](CCC1=CCCCC1)C3. The Labute approximate surface area is 180 Å². The molecule has 2 aromatic carbocycles. The van der Waals surface area contributed by atoms with E-state index in [-0.39, 0.29) is 17.3 Å². The van der Waals surface area contributed by atoms with Gasteiger partial charge in [-0.2, -0.15) is 0 Å². The van der Waals surface area contributed by atoms with Gasteiger partial charge in [-0.05, 0) is 37.8 Å². The average Bonchev–Trinajstić information content (AvgIpc) is 3.22. The van der Waals surface area contributed by atoms with Crippen LogP contribution in [0.25, 0.3) is 11.0 Å². The molecule has 3 aromatic rings. The van der Waals surface area contributed by atoms with Gasteiger partial charge in [0.2, 0.25) is 12.5 Å². The lowest BCUT2D eigenvalue weighted by Crippen LogP contribution is -3.12. The van der Waals surface area contributed by atoms with Crippen molar-refractivity contribution in [3.05, 3.63) is 76.1 Å². The Morgan fingerprint density at radius 2 is 1.81 bits per heavy atom. The monoisotopic (exact) mass is 414 g/mol. The summed E-state index contributed by atoms with van der Waals surface area (Å²) >= 11 is 0. The van der Waals surface area contributed by atoms with Gasteiger partial charge in [-0.1, -0.05) is 35.9 Å². The van der Waals surface area contributed by atoms with Gasteiger partial charge in [0.1, 0.15) is 17.9 Å². The zero-order chi connectivity index (χ0) is 20.9. The van der Waals surface area contributed by atoms with Crippen molar-refractivity contribution in [2.75, 3.05) is 13.3 Å². The van der Waals surface area contributed by atoms with Crippen LogP contribution >= 0.6 is 0 Å². The van der Waals surface area contributed by atoms with Crippen molar-refractivity contribution >= 4 is 22.5 Å². The minimum absolute atomic E-state index is 0.144. The Balaban J connectivity index is 1.36. The van der Waals surface area contributed by atoms with Gasteiger partial charge in [0, 0.05) is 22.9 Å². The van der Waals surface area contributed by atoms with Gasteiger partial charge in [-0.3, -0.25) is 14.5 Å². The van der Waals surface area contributed by atoms with Crippen LogP contribution in [-0.2, 0) is 6.54 Å². The molecule has 0 saturated heterocycles. The summed E-state index contributed by atoms with van der Waals surface area (Å²) in [4.78, 5) is 27.6. The number of carbonyl (C=O) groups excluding carboxylic acids is 2. The van der Waals surface area contributed by atoms with Crippen LogP contribution in [0.15, 0.2) is 52.5 Å². The largest absolute Gasteiger partial charge is 0.451 e. The van der Waals surface area contributed by atoms with Gasteiger partial charge in [-0.15, -0.1) is 0 Å². The fourth-order valence-corrected chi connectivity index (χ4v) is 5.13. The van der Waals surface area contributed by atoms with Gasteiger partial charge in [0.25, 0.3) is 0 Å². The predicted molar refractivity (Wildman–Crippen MR) is 116 cm³/mol. The summed E-state index contributed by atoms with van der Waals surface area (Å²) in [6.45, 7) is 2.39. The minimum atomic E-state index is -0.222. The van der Waals surface area contributed by atoms with E-state index in [2.05, 4.69) is 6.08 Å². The molecule has 1 aliphatic heterocycles. The summed E-state index contributed by atoms with van der Waals surface area (Å²) < 4.78 is 12.1. The van der Waals surface area contributed by atoms with E-state index in [0.29, 0.717) is 34.4 Å². The number of fused-ring (bicyclic) bond motifs is 6. The van der Waals surface area contributed by atoms with Gasteiger partial charge >= 0.3 is 0 Å². The number of nitrogens with one attached hydrogen (secondary N) is 1. The number of hydrogen-bond donors (Lipinski definition) is 1. The van der Waals surface area contributed by atoms with E-state index in [4.69, 9.17) is 9.15 Å². The number of allylic oxidation sites excluding steroid dienone is 1. The van der Waals surface area contributed by atoms with Crippen molar-refractivity contribution in [2.24, 2.45) is 0 Å². The number of carbonyl (C=O) groups is 2. The number of rotatable bonds is 3. The van der Waals surface area contributed by atoms with Crippen LogP contribution in [0.1, 0.15) is 69.7 Å². The third-order valence-corrected chi connectivity index (χ3v) is 6.81. The minimum Gasteiger partial charge on any atom is -0.451 e. The molecule has 6 rings (SSSR count). The number of quaternary nitrogens is 1. The summed E-state index contributed by atoms with van der Waals surface area (Å²) in [6.07, 6.45) is 8.50. The molecule has 1 N–H and O–H groups in total. The van der Waals surface area contributed by atoms with E-state index in [9.17, 15) is 9.59 Å². The summed E-state index contributed by atoms with van der Waals surface area (Å²) in [7, 11) is 0. The maximum absolute atomic E-state index is 13.2. The Bertz CT molecular complexity index is 1270. The molecule has 0 radical (unpaired) electrons. The van der Waals surface area contributed by atoms with Crippen molar-refractivity contribution in [1.29, 1.82) is 0 Å². The smallest absolute Gasteiger partial charge is 0.229 e. The lowest BCUT2D eigenvalue weighted by molar-refractivity contribution is -0.932. The summed E-state index contributed by atoms with van der Waals surface area (Å²) in [5, 5.41) is 0.710. The van der Waals surface area contributed by atoms with Crippen LogP contribution in [0, 0.1) is 0 Å². The first-order valence-electron chi connectivity index (χ1n) is 11.1. The van der Waals surface area contributed by atoms with Crippen molar-refractivity contribution < 1.29 is 23.6 Å². The second-order valence-corrected chi connectivity index (χ2v) is 8.75. The van der Waals surface area contributed by atoms with E-state index < -0.39 is 0 Å². The first-order chi connectivity index (χ1) is 15.2. The Morgan fingerprint density at radius 3 is 2.61 bits per heavy atom. The van der Waals surface area contributed by atoms with Crippen molar-refractivity contribution in [1.82, 2.24) is 0 Å². The third-order valence-electron chi connectivity index (χ3n) is 6.81.